The summed E-state index contributed by atoms with van der Waals surface area (Å²) in [6, 6.07) is 13.7. The molecule has 6 rings (SSSR count). The van der Waals surface area contributed by atoms with Crippen molar-refractivity contribution in [1.29, 1.82) is 0 Å². The Bertz CT molecular complexity index is 1710. The zero-order chi connectivity index (χ0) is 26.6. The largest absolute Gasteiger partial charge is 0.458 e. The Morgan fingerprint density at radius 2 is 2.05 bits per heavy atom. The number of rotatable bonds is 6. The predicted octanol–water partition coefficient (Wildman–Crippen LogP) is 1.78. The molecule has 0 fully saturated rings. The summed E-state index contributed by atoms with van der Waals surface area (Å²) in [4.78, 5) is 41.9. The van der Waals surface area contributed by atoms with E-state index in [4.69, 9.17) is 20.2 Å². The third kappa shape index (κ3) is 3.68. The molecule has 4 N–H and O–H groups in total. The minimum Gasteiger partial charge on any atom is -0.458 e. The van der Waals surface area contributed by atoms with Crippen LogP contribution in [-0.2, 0) is 44.4 Å². The molecule has 0 unspecified atom stereocenters. The van der Waals surface area contributed by atoms with Gasteiger partial charge in [0.15, 0.2) is 5.60 Å². The maximum Gasteiger partial charge on any atom is 0.343 e. The summed E-state index contributed by atoms with van der Waals surface area (Å²) >= 11 is 0. The molecule has 10 nitrogen and oxygen atoms in total. The zero-order valence-corrected chi connectivity index (χ0v) is 20.7. The normalized spacial score (nSPS) is 17.7. The van der Waals surface area contributed by atoms with Crippen LogP contribution in [0.15, 0.2) is 47.3 Å². The van der Waals surface area contributed by atoms with E-state index < -0.39 is 11.6 Å². The predicted molar refractivity (Wildman–Crippen MR) is 139 cm³/mol. The van der Waals surface area contributed by atoms with Crippen molar-refractivity contribution in [3.8, 4) is 11.4 Å². The van der Waals surface area contributed by atoms with Gasteiger partial charge in [0.25, 0.3) is 5.56 Å². The average molecular weight is 515 g/mol. The third-order valence-corrected chi connectivity index (χ3v) is 7.40. The van der Waals surface area contributed by atoms with Crippen molar-refractivity contribution >= 4 is 33.6 Å². The maximum absolute atomic E-state index is 13.4. The highest BCUT2D eigenvalue weighted by atomic mass is 16.6. The van der Waals surface area contributed by atoms with E-state index in [1.807, 2.05) is 30.3 Å². The summed E-state index contributed by atoms with van der Waals surface area (Å²) in [5.41, 5.74) is 7.61. The van der Waals surface area contributed by atoms with Gasteiger partial charge in [-0.3, -0.25) is 9.59 Å². The second-order valence-electron chi connectivity index (χ2n) is 9.58. The van der Waals surface area contributed by atoms with Crippen molar-refractivity contribution in [3.05, 3.63) is 75.1 Å². The first-order valence-corrected chi connectivity index (χ1v) is 12.4. The van der Waals surface area contributed by atoms with Crippen LogP contribution >= 0.6 is 0 Å². The van der Waals surface area contributed by atoms with Crippen LogP contribution in [0.25, 0.3) is 33.1 Å². The molecule has 2 aliphatic heterocycles. The highest BCUT2D eigenvalue weighted by molar-refractivity contribution is 6.07. The molecule has 4 aromatic rings. The number of pyridine rings is 2. The monoisotopic (exact) mass is 514 g/mol. The van der Waals surface area contributed by atoms with Gasteiger partial charge in [-0.2, -0.15) is 0 Å². The SMILES string of the molecule is CC[C@@]1(O)C(=O)OCc2c1cc1n(c2=O)Cc2cc3c(ccc4cc(COCNC(=O)CN)ccc43)nc2-1. The summed E-state index contributed by atoms with van der Waals surface area (Å²) in [5.74, 6) is -1.01. The van der Waals surface area contributed by atoms with Crippen LogP contribution in [0.4, 0.5) is 0 Å². The van der Waals surface area contributed by atoms with Gasteiger partial charge in [-0.15, -0.1) is 0 Å². The highest BCUT2D eigenvalue weighted by Gasteiger charge is 2.45. The van der Waals surface area contributed by atoms with Crippen molar-refractivity contribution in [2.45, 2.75) is 38.7 Å². The molecule has 0 saturated heterocycles. The lowest BCUT2D eigenvalue weighted by Crippen LogP contribution is -2.44. The molecule has 194 valence electrons. The Labute approximate surface area is 217 Å². The Balaban J connectivity index is 1.38. The molecule has 2 aromatic heterocycles. The zero-order valence-electron chi connectivity index (χ0n) is 20.7. The van der Waals surface area contributed by atoms with E-state index in [9.17, 15) is 19.5 Å². The summed E-state index contributed by atoms with van der Waals surface area (Å²) in [6.07, 6.45) is 0.0983. The van der Waals surface area contributed by atoms with Crippen LogP contribution in [0.3, 0.4) is 0 Å². The number of esters is 1. The number of aliphatic hydroxyl groups is 1. The minimum absolute atomic E-state index is 0.0821. The second-order valence-corrected chi connectivity index (χ2v) is 9.58. The van der Waals surface area contributed by atoms with Crippen molar-refractivity contribution in [2.75, 3.05) is 13.3 Å². The van der Waals surface area contributed by atoms with Gasteiger partial charge in [-0.05, 0) is 47.0 Å². The second kappa shape index (κ2) is 9.02. The van der Waals surface area contributed by atoms with Crippen molar-refractivity contribution in [3.63, 3.8) is 0 Å². The Hall–Kier alpha value is -4.12. The fourth-order valence-corrected chi connectivity index (χ4v) is 5.30. The van der Waals surface area contributed by atoms with Crippen LogP contribution in [-0.4, -0.2) is 39.8 Å². The third-order valence-electron chi connectivity index (χ3n) is 7.40. The number of hydrogen-bond acceptors (Lipinski definition) is 8. The number of hydrogen-bond donors (Lipinski definition) is 3. The Kier molecular flexibility index (Phi) is 5.75. The van der Waals surface area contributed by atoms with Crippen LogP contribution in [0, 0.1) is 0 Å². The number of ether oxygens (including phenoxy) is 2. The smallest absolute Gasteiger partial charge is 0.343 e. The fraction of sp³-hybridized carbons (Fsp3) is 0.286. The van der Waals surface area contributed by atoms with E-state index >= 15 is 0 Å². The van der Waals surface area contributed by atoms with Gasteiger partial charge >= 0.3 is 5.97 Å². The number of fused-ring (bicyclic) bond motifs is 7. The number of benzene rings is 2. The number of carbonyl (C=O) groups excluding carboxylic acids is 2. The summed E-state index contributed by atoms with van der Waals surface area (Å²) < 4.78 is 12.3. The van der Waals surface area contributed by atoms with Crippen LogP contribution < -0.4 is 16.6 Å². The lowest BCUT2D eigenvalue weighted by Gasteiger charge is -2.31. The number of aromatic nitrogens is 2. The number of amides is 1. The van der Waals surface area contributed by atoms with Gasteiger partial charge in [-0.1, -0.05) is 25.1 Å². The fourth-order valence-electron chi connectivity index (χ4n) is 5.30. The lowest BCUT2D eigenvalue weighted by atomic mass is 9.86. The molecule has 0 bridgehead atoms. The van der Waals surface area contributed by atoms with Gasteiger partial charge in [0.05, 0.1) is 42.2 Å². The molecular weight excluding hydrogens is 488 g/mol. The molecule has 10 heteroatoms. The van der Waals surface area contributed by atoms with E-state index in [0.29, 0.717) is 35.7 Å². The lowest BCUT2D eigenvalue weighted by molar-refractivity contribution is -0.172. The molecule has 0 radical (unpaired) electrons. The van der Waals surface area contributed by atoms with Gasteiger partial charge in [0, 0.05) is 16.5 Å². The van der Waals surface area contributed by atoms with Gasteiger partial charge < -0.3 is 30.2 Å². The number of carbonyl (C=O) groups is 2. The average Bonchev–Trinajstić information content (AvgIpc) is 3.29. The minimum atomic E-state index is -1.85. The van der Waals surface area contributed by atoms with E-state index in [1.165, 1.54) is 0 Å². The van der Waals surface area contributed by atoms with E-state index in [-0.39, 0.29) is 37.8 Å². The van der Waals surface area contributed by atoms with Crippen LogP contribution in [0.5, 0.6) is 0 Å². The summed E-state index contributed by atoms with van der Waals surface area (Å²) in [6.45, 7) is 2.21. The van der Waals surface area contributed by atoms with Crippen molar-refractivity contribution in [2.24, 2.45) is 5.73 Å². The molecule has 2 aromatic carbocycles. The van der Waals surface area contributed by atoms with Crippen molar-refractivity contribution < 1.29 is 24.2 Å². The highest BCUT2D eigenvalue weighted by Crippen LogP contribution is 2.39. The standard InChI is InChI=1S/C28H26N4O6/c1-2-28(36)21-9-23-25-17(11-32(23)26(34)20(21)13-38-27(28)35)8-19-18-5-3-15(12-37-14-30-24(33)10-29)7-16(18)4-6-22(19)31-25/h3-9,36H,2,10-14,29H2,1H3,(H,30,33)/t28-/m0/s1. The number of cyclic esters (lactones) is 1. The van der Waals surface area contributed by atoms with E-state index in [0.717, 1.165) is 32.8 Å². The summed E-state index contributed by atoms with van der Waals surface area (Å²) in [5, 5.41) is 16.6. The molecular formula is C28H26N4O6. The molecule has 38 heavy (non-hydrogen) atoms. The van der Waals surface area contributed by atoms with Gasteiger partial charge in [-0.25, -0.2) is 9.78 Å². The molecule has 1 atom stereocenters. The first-order valence-electron chi connectivity index (χ1n) is 12.4. The van der Waals surface area contributed by atoms with Gasteiger partial charge in [0.2, 0.25) is 5.91 Å². The Morgan fingerprint density at radius 3 is 2.84 bits per heavy atom. The molecule has 4 heterocycles. The first kappa shape index (κ1) is 24.2. The molecule has 2 aliphatic rings. The van der Waals surface area contributed by atoms with Crippen LogP contribution in [0.1, 0.15) is 35.6 Å². The molecule has 0 aliphatic carbocycles. The number of nitrogens with zero attached hydrogens (tertiary/aromatic N) is 2. The quantitative estimate of drug-likeness (QED) is 0.135. The summed E-state index contributed by atoms with van der Waals surface area (Å²) in [7, 11) is 0. The number of nitrogens with two attached hydrogens (primary N) is 1. The van der Waals surface area contributed by atoms with E-state index in [2.05, 4.69) is 11.4 Å². The molecule has 0 spiro atoms. The maximum atomic E-state index is 13.4. The molecule has 0 saturated carbocycles. The number of nitrogens with one attached hydrogen (secondary N) is 1. The van der Waals surface area contributed by atoms with Crippen molar-refractivity contribution in [1.82, 2.24) is 14.9 Å². The first-order chi connectivity index (χ1) is 18.3. The Morgan fingerprint density at radius 1 is 1.21 bits per heavy atom. The van der Waals surface area contributed by atoms with Gasteiger partial charge in [0.1, 0.15) is 13.3 Å². The van der Waals surface area contributed by atoms with Crippen LogP contribution in [0.2, 0.25) is 0 Å². The topological polar surface area (TPSA) is 146 Å². The molecule has 1 amide bonds. The van der Waals surface area contributed by atoms with E-state index in [1.54, 1.807) is 17.6 Å².